The Bertz CT molecular complexity index is 785. The highest BCUT2D eigenvalue weighted by atomic mass is 19.1. The predicted molar refractivity (Wildman–Crippen MR) is 108 cm³/mol. The average Bonchev–Trinajstić information content (AvgIpc) is 2.65. The number of amides is 3. The largest absolute Gasteiger partial charge is 0.479 e. The van der Waals surface area contributed by atoms with E-state index in [2.05, 4.69) is 11.2 Å². The summed E-state index contributed by atoms with van der Waals surface area (Å²) in [5.74, 6) is 2.12. The van der Waals surface area contributed by atoms with Gasteiger partial charge >= 0.3 is 12.1 Å². The van der Waals surface area contributed by atoms with Gasteiger partial charge in [-0.1, -0.05) is 5.92 Å². The molecule has 29 heavy (non-hydrogen) atoms. The van der Waals surface area contributed by atoms with Crippen molar-refractivity contribution in [3.8, 4) is 18.1 Å². The van der Waals surface area contributed by atoms with Crippen molar-refractivity contribution in [3.63, 3.8) is 0 Å². The number of anilines is 1. The molecule has 0 radical (unpaired) electrons. The summed E-state index contributed by atoms with van der Waals surface area (Å²) in [6.07, 6.45) is 6.25. The number of urea groups is 1. The number of hydrogen-bond donors (Lipinski definition) is 1. The fourth-order valence-corrected chi connectivity index (χ4v) is 2.98. The summed E-state index contributed by atoms with van der Waals surface area (Å²) in [7, 11) is 1.67. The maximum atomic E-state index is 13.6. The Kier molecular flexibility index (Phi) is 7.32. The Morgan fingerprint density at radius 3 is 2.79 bits per heavy atom. The number of piperidine rings is 1. The molecule has 7 nitrogen and oxygen atoms in total. The van der Waals surface area contributed by atoms with Crippen LogP contribution in [-0.4, -0.2) is 60.3 Å². The van der Waals surface area contributed by atoms with E-state index in [4.69, 9.17) is 15.9 Å². The van der Waals surface area contributed by atoms with Crippen LogP contribution in [0.15, 0.2) is 18.2 Å². The Morgan fingerprint density at radius 2 is 2.14 bits per heavy atom. The molecule has 1 unspecified atom stereocenters. The molecular formula is C21H28FN3O4. The molecule has 1 aromatic carbocycles. The molecule has 158 valence electrons. The highest BCUT2D eigenvalue weighted by Crippen LogP contribution is 2.26. The third kappa shape index (κ3) is 6.56. The smallest absolute Gasteiger partial charge is 0.410 e. The van der Waals surface area contributed by atoms with E-state index in [1.54, 1.807) is 32.7 Å². The van der Waals surface area contributed by atoms with Gasteiger partial charge in [-0.25, -0.2) is 14.0 Å². The van der Waals surface area contributed by atoms with Gasteiger partial charge in [0.1, 0.15) is 23.8 Å². The number of terminal acetylenes is 1. The zero-order valence-corrected chi connectivity index (χ0v) is 17.3. The molecule has 1 atom stereocenters. The third-order valence-corrected chi connectivity index (χ3v) is 4.41. The zero-order valence-electron chi connectivity index (χ0n) is 17.3. The number of benzene rings is 1. The van der Waals surface area contributed by atoms with Crippen LogP contribution in [0.4, 0.5) is 19.7 Å². The number of carbonyl (C=O) groups is 2. The second kappa shape index (κ2) is 9.50. The highest BCUT2D eigenvalue weighted by Gasteiger charge is 2.31. The first-order chi connectivity index (χ1) is 13.6. The van der Waals surface area contributed by atoms with Gasteiger partial charge in [-0.15, -0.1) is 6.42 Å². The Hall–Kier alpha value is -2.95. The van der Waals surface area contributed by atoms with E-state index in [1.807, 2.05) is 0 Å². The number of ether oxygens (including phenoxy) is 2. The monoisotopic (exact) mass is 405 g/mol. The van der Waals surface area contributed by atoms with Crippen molar-refractivity contribution in [1.29, 1.82) is 0 Å². The molecule has 0 aromatic heterocycles. The van der Waals surface area contributed by atoms with Gasteiger partial charge in [-0.2, -0.15) is 0 Å². The van der Waals surface area contributed by atoms with Crippen molar-refractivity contribution in [2.75, 3.05) is 32.1 Å². The molecule has 1 saturated heterocycles. The van der Waals surface area contributed by atoms with Crippen LogP contribution in [0, 0.1) is 18.2 Å². The molecular weight excluding hydrogens is 377 g/mol. The van der Waals surface area contributed by atoms with E-state index in [0.717, 1.165) is 12.8 Å². The number of likely N-dealkylation sites (tertiary alicyclic amines) is 1. The molecule has 1 aromatic rings. The van der Waals surface area contributed by atoms with Crippen LogP contribution in [0.5, 0.6) is 5.75 Å². The fourth-order valence-electron chi connectivity index (χ4n) is 2.98. The summed E-state index contributed by atoms with van der Waals surface area (Å²) in [5, 5.41) is 2.68. The van der Waals surface area contributed by atoms with E-state index in [9.17, 15) is 14.0 Å². The number of nitrogens with one attached hydrogen (secondary N) is 1. The van der Waals surface area contributed by atoms with E-state index >= 15 is 0 Å². The summed E-state index contributed by atoms with van der Waals surface area (Å²) < 4.78 is 24.4. The van der Waals surface area contributed by atoms with Crippen LogP contribution >= 0.6 is 0 Å². The lowest BCUT2D eigenvalue weighted by Gasteiger charge is -2.38. The summed E-state index contributed by atoms with van der Waals surface area (Å²) >= 11 is 0. The minimum Gasteiger partial charge on any atom is -0.479 e. The van der Waals surface area contributed by atoms with Gasteiger partial charge in [-0.3, -0.25) is 0 Å². The lowest BCUT2D eigenvalue weighted by molar-refractivity contribution is 0.0158. The molecule has 0 saturated carbocycles. The van der Waals surface area contributed by atoms with Gasteiger partial charge in [-0.05, 0) is 45.7 Å². The molecule has 1 N–H and O–H groups in total. The molecule has 2 rings (SSSR count). The van der Waals surface area contributed by atoms with Gasteiger partial charge in [0.15, 0.2) is 0 Å². The Labute approximate surface area is 171 Å². The highest BCUT2D eigenvalue weighted by molar-refractivity contribution is 5.91. The minimum atomic E-state index is -0.594. The van der Waals surface area contributed by atoms with Gasteiger partial charge < -0.3 is 24.6 Å². The third-order valence-electron chi connectivity index (χ3n) is 4.41. The molecule has 1 aliphatic rings. The van der Waals surface area contributed by atoms with E-state index in [-0.39, 0.29) is 24.1 Å². The van der Waals surface area contributed by atoms with E-state index < -0.39 is 23.5 Å². The molecule has 0 aliphatic carbocycles. The van der Waals surface area contributed by atoms with Crippen molar-refractivity contribution in [1.82, 2.24) is 9.80 Å². The van der Waals surface area contributed by atoms with Crippen molar-refractivity contribution < 1.29 is 23.5 Å². The standard InChI is InChI=1S/C21H28FN3O4/c1-6-12-28-18-10-9-15(22)13-17(18)23-19(26)25-11-7-8-16(14-25)24(5)20(27)29-21(2,3)4/h1,9-10,13,16H,7-8,11-12,14H2,2-5H3,(H,23,26). The summed E-state index contributed by atoms with van der Waals surface area (Å²) in [5.41, 5.74) is -0.392. The van der Waals surface area contributed by atoms with Crippen LogP contribution < -0.4 is 10.1 Å². The molecule has 0 spiro atoms. The first-order valence-electron chi connectivity index (χ1n) is 9.48. The van der Waals surface area contributed by atoms with E-state index in [1.165, 1.54) is 23.1 Å². The fraction of sp³-hybridized carbons (Fsp3) is 0.524. The summed E-state index contributed by atoms with van der Waals surface area (Å²) in [4.78, 5) is 28.2. The van der Waals surface area contributed by atoms with Crippen LogP contribution in [0.1, 0.15) is 33.6 Å². The number of nitrogens with zero attached hydrogens (tertiary/aromatic N) is 2. The minimum absolute atomic E-state index is 0.000967. The van der Waals surface area contributed by atoms with Gasteiger partial charge in [0, 0.05) is 26.2 Å². The number of likely N-dealkylation sites (N-methyl/N-ethyl adjacent to an activating group) is 1. The molecule has 0 bridgehead atoms. The summed E-state index contributed by atoms with van der Waals surface area (Å²) in [6, 6.07) is 3.25. The van der Waals surface area contributed by atoms with Crippen molar-refractivity contribution in [2.45, 2.75) is 45.3 Å². The maximum Gasteiger partial charge on any atom is 0.410 e. The second-order valence-corrected chi connectivity index (χ2v) is 7.90. The van der Waals surface area contributed by atoms with Crippen molar-refractivity contribution in [3.05, 3.63) is 24.0 Å². The normalized spacial score (nSPS) is 16.6. The van der Waals surface area contributed by atoms with Crippen LogP contribution in [0.3, 0.4) is 0 Å². The van der Waals surface area contributed by atoms with Crippen LogP contribution in [0.25, 0.3) is 0 Å². The van der Waals surface area contributed by atoms with Crippen LogP contribution in [-0.2, 0) is 4.74 Å². The van der Waals surface area contributed by atoms with Gasteiger partial charge in [0.05, 0.1) is 11.7 Å². The van der Waals surface area contributed by atoms with Gasteiger partial charge in [0.2, 0.25) is 0 Å². The number of carbonyl (C=O) groups excluding carboxylic acids is 2. The first kappa shape index (κ1) is 22.3. The number of hydrogen-bond acceptors (Lipinski definition) is 4. The Morgan fingerprint density at radius 1 is 1.41 bits per heavy atom. The lowest BCUT2D eigenvalue weighted by Crippen LogP contribution is -2.52. The quantitative estimate of drug-likeness (QED) is 0.776. The second-order valence-electron chi connectivity index (χ2n) is 7.90. The maximum absolute atomic E-state index is 13.6. The van der Waals surface area contributed by atoms with Crippen LogP contribution in [0.2, 0.25) is 0 Å². The number of halogens is 1. The van der Waals surface area contributed by atoms with Crippen molar-refractivity contribution >= 4 is 17.8 Å². The molecule has 1 fully saturated rings. The first-order valence-corrected chi connectivity index (χ1v) is 9.48. The molecule has 1 aliphatic heterocycles. The average molecular weight is 405 g/mol. The van der Waals surface area contributed by atoms with Crippen molar-refractivity contribution in [2.24, 2.45) is 0 Å². The molecule has 3 amide bonds. The summed E-state index contributed by atoms with van der Waals surface area (Å²) in [6.45, 7) is 6.29. The molecule has 1 heterocycles. The van der Waals surface area contributed by atoms with Gasteiger partial charge in [0.25, 0.3) is 0 Å². The van der Waals surface area contributed by atoms with E-state index in [0.29, 0.717) is 13.1 Å². The zero-order chi connectivity index (χ0) is 21.6. The topological polar surface area (TPSA) is 71.1 Å². The predicted octanol–water partition coefficient (Wildman–Crippen LogP) is 3.70. The SMILES string of the molecule is C#CCOc1ccc(F)cc1NC(=O)N1CCCC(N(C)C(=O)OC(C)(C)C)C1. The lowest BCUT2D eigenvalue weighted by atomic mass is 10.1. The molecule has 8 heteroatoms. The number of rotatable bonds is 4. The Balaban J connectivity index is 2.04.